The number of carbonyl (C=O) groups is 1. The second kappa shape index (κ2) is 13.4. The van der Waals surface area contributed by atoms with Gasteiger partial charge in [0.25, 0.3) is 0 Å². The van der Waals surface area contributed by atoms with Crippen LogP contribution in [-0.2, 0) is 16.4 Å². The van der Waals surface area contributed by atoms with E-state index in [2.05, 4.69) is 15.3 Å². The number of hydrogen-bond acceptors (Lipinski definition) is 8. The van der Waals surface area contributed by atoms with Crippen molar-refractivity contribution in [2.45, 2.75) is 37.4 Å². The third kappa shape index (κ3) is 6.89. The summed E-state index contributed by atoms with van der Waals surface area (Å²) in [7, 11) is 3.63. The third-order valence-electron chi connectivity index (χ3n) is 7.92. The van der Waals surface area contributed by atoms with Gasteiger partial charge in [-0.25, -0.2) is 4.98 Å². The fraction of sp³-hybridized carbons (Fsp3) is 0.419. The van der Waals surface area contributed by atoms with Crippen LogP contribution in [0.25, 0.3) is 11.3 Å². The molecule has 0 bridgehead atoms. The number of ether oxygens (including phenoxy) is 1. The van der Waals surface area contributed by atoms with E-state index >= 15 is 0 Å². The number of pyridine rings is 2. The van der Waals surface area contributed by atoms with Crippen molar-refractivity contribution < 1.29 is 27.8 Å². The first-order valence-corrected chi connectivity index (χ1v) is 14.0. The van der Waals surface area contributed by atoms with Gasteiger partial charge in [-0.05, 0) is 75.8 Å². The number of piperidine rings is 1. The van der Waals surface area contributed by atoms with Crippen LogP contribution in [0.1, 0.15) is 36.5 Å². The highest BCUT2D eigenvalue weighted by Crippen LogP contribution is 2.40. The van der Waals surface area contributed by atoms with Gasteiger partial charge in [-0.3, -0.25) is 9.78 Å². The fourth-order valence-corrected chi connectivity index (χ4v) is 5.32. The Balaban J connectivity index is 1.65. The van der Waals surface area contributed by atoms with Gasteiger partial charge >= 0.3 is 6.18 Å². The van der Waals surface area contributed by atoms with E-state index in [0.29, 0.717) is 60.9 Å². The molecule has 228 valence electrons. The molecule has 1 aliphatic rings. The molecule has 1 aliphatic heterocycles. The fourth-order valence-electron chi connectivity index (χ4n) is 5.32. The van der Waals surface area contributed by atoms with Crippen LogP contribution in [0.5, 0.6) is 5.88 Å². The molecule has 12 heteroatoms. The van der Waals surface area contributed by atoms with E-state index in [1.165, 1.54) is 6.07 Å². The van der Waals surface area contributed by atoms with Gasteiger partial charge in [0, 0.05) is 38.1 Å². The zero-order chi connectivity index (χ0) is 31.2. The van der Waals surface area contributed by atoms with Gasteiger partial charge in [0.2, 0.25) is 11.8 Å². The van der Waals surface area contributed by atoms with Crippen LogP contribution >= 0.6 is 0 Å². The van der Waals surface area contributed by atoms with E-state index in [1.54, 1.807) is 18.5 Å². The number of alkyl halides is 3. The molecule has 1 amide bonds. The Bertz CT molecular complexity index is 1450. The molecule has 3 aromatic rings. The highest BCUT2D eigenvalue weighted by molar-refractivity contribution is 5.89. The maximum Gasteiger partial charge on any atom is 0.416 e. The monoisotopic (exact) mass is 596 g/mol. The molecular formula is C31H35F3N6O3. The maximum atomic E-state index is 13.9. The molecule has 0 spiro atoms. The Morgan fingerprint density at radius 1 is 1.21 bits per heavy atom. The Labute approximate surface area is 248 Å². The minimum absolute atomic E-state index is 0.0730. The second-order valence-electron chi connectivity index (χ2n) is 10.6. The average molecular weight is 597 g/mol. The van der Waals surface area contributed by atoms with Gasteiger partial charge in [0.05, 0.1) is 46.7 Å². The van der Waals surface area contributed by atoms with E-state index < -0.39 is 17.2 Å². The molecule has 9 nitrogen and oxygen atoms in total. The number of rotatable bonds is 10. The normalized spacial score (nSPS) is 15.6. The molecule has 0 unspecified atom stereocenters. The molecule has 0 aliphatic carbocycles. The smallest absolute Gasteiger partial charge is 0.416 e. The number of likely N-dealkylation sites (N-methyl/N-ethyl adjacent to an activating group) is 1. The van der Waals surface area contributed by atoms with E-state index in [9.17, 15) is 28.3 Å². The summed E-state index contributed by atoms with van der Waals surface area (Å²) in [5.74, 6) is 0.223. The molecule has 0 radical (unpaired) electrons. The summed E-state index contributed by atoms with van der Waals surface area (Å²) in [6.07, 6.45) is -0.598. The summed E-state index contributed by atoms with van der Waals surface area (Å²) in [6, 6.07) is 12.1. The lowest BCUT2D eigenvalue weighted by molar-refractivity contribution is -0.137. The number of aromatic nitrogens is 2. The lowest BCUT2D eigenvalue weighted by Crippen LogP contribution is -2.54. The van der Waals surface area contributed by atoms with Gasteiger partial charge in [0.15, 0.2) is 0 Å². The number of nitrogens with zero attached hydrogens (tertiary/aromatic N) is 5. The summed E-state index contributed by atoms with van der Waals surface area (Å²) in [5, 5.41) is 22.4. The van der Waals surface area contributed by atoms with Crippen LogP contribution in [-0.4, -0.2) is 78.9 Å². The molecule has 0 saturated carbocycles. The van der Waals surface area contributed by atoms with Crippen LogP contribution in [0.3, 0.4) is 0 Å². The predicted molar refractivity (Wildman–Crippen MR) is 155 cm³/mol. The summed E-state index contributed by atoms with van der Waals surface area (Å²) in [5.41, 5.74) is 0.475. The van der Waals surface area contributed by atoms with Crippen molar-refractivity contribution >= 4 is 11.6 Å². The summed E-state index contributed by atoms with van der Waals surface area (Å²) in [6.45, 7) is 3.04. The van der Waals surface area contributed by atoms with Gasteiger partial charge in [-0.15, -0.1) is 0 Å². The van der Waals surface area contributed by atoms with Crippen LogP contribution < -0.4 is 15.0 Å². The van der Waals surface area contributed by atoms with Crippen molar-refractivity contribution in [2.24, 2.45) is 0 Å². The number of aliphatic hydroxyl groups excluding tert-OH is 1. The van der Waals surface area contributed by atoms with Crippen molar-refractivity contribution in [3.05, 3.63) is 71.5 Å². The number of nitrogens with one attached hydrogen (secondary N) is 1. The van der Waals surface area contributed by atoms with Crippen LogP contribution in [0.2, 0.25) is 0 Å². The molecule has 1 saturated heterocycles. The Morgan fingerprint density at radius 2 is 1.95 bits per heavy atom. The summed E-state index contributed by atoms with van der Waals surface area (Å²) < 4.78 is 45.4. The Kier molecular flexibility index (Phi) is 9.88. The van der Waals surface area contributed by atoms with Crippen molar-refractivity contribution in [3.63, 3.8) is 0 Å². The predicted octanol–water partition coefficient (Wildman–Crippen LogP) is 4.01. The number of halogens is 3. The Hall–Kier alpha value is -4.21. The number of amides is 1. The minimum atomic E-state index is -4.56. The molecule has 2 N–H and O–H groups in total. The van der Waals surface area contributed by atoms with E-state index in [4.69, 9.17) is 4.74 Å². The maximum absolute atomic E-state index is 13.9. The van der Waals surface area contributed by atoms with E-state index in [1.807, 2.05) is 55.1 Å². The molecule has 1 atom stereocenters. The van der Waals surface area contributed by atoms with Gasteiger partial charge in [0.1, 0.15) is 6.07 Å². The molecule has 1 aromatic carbocycles. The molecule has 4 rings (SSSR count). The number of nitriles is 1. The molecule has 3 heterocycles. The molecule has 1 fully saturated rings. The topological polar surface area (TPSA) is 115 Å². The highest BCUT2D eigenvalue weighted by Gasteiger charge is 2.44. The molecule has 2 aromatic heterocycles. The Morgan fingerprint density at radius 3 is 2.53 bits per heavy atom. The van der Waals surface area contributed by atoms with Crippen LogP contribution in [0, 0.1) is 11.3 Å². The van der Waals surface area contributed by atoms with Gasteiger partial charge in [-0.2, -0.15) is 18.4 Å². The first kappa shape index (κ1) is 31.7. The van der Waals surface area contributed by atoms with E-state index in [-0.39, 0.29) is 30.7 Å². The van der Waals surface area contributed by atoms with Crippen molar-refractivity contribution in [2.75, 3.05) is 51.8 Å². The average Bonchev–Trinajstić information content (AvgIpc) is 3.01. The van der Waals surface area contributed by atoms with Crippen molar-refractivity contribution in [3.8, 4) is 23.2 Å². The number of aliphatic hydroxyl groups is 1. The first-order valence-electron chi connectivity index (χ1n) is 14.0. The SMILES string of the molecule is CCOc1ncccc1-c1ccc(C2(C(=O)NC[C@H](CO)N(C)C)CCN(c3ccc(C(F)(F)F)cc3C#N)CC2)cn1. The largest absolute Gasteiger partial charge is 0.477 e. The summed E-state index contributed by atoms with van der Waals surface area (Å²) in [4.78, 5) is 26.5. The summed E-state index contributed by atoms with van der Waals surface area (Å²) >= 11 is 0. The van der Waals surface area contributed by atoms with Crippen LogP contribution in [0.15, 0.2) is 54.9 Å². The van der Waals surface area contributed by atoms with Gasteiger partial charge in [-0.1, -0.05) is 6.07 Å². The standard InChI is InChI=1S/C31H35F3N6O3/c1-4-43-28-25(6-5-13-36-28)26-9-7-23(18-37-26)30(29(42)38-19-24(20-41)39(2)3)11-14-40(15-12-30)27-10-8-22(31(32,33)34)16-21(27)17-35/h5-10,13,16,18,24,41H,4,11-12,14-15,19-20H2,1-3H3,(H,38,42)/t24-/m1/s1. The zero-order valence-corrected chi connectivity index (χ0v) is 24.4. The third-order valence-corrected chi connectivity index (χ3v) is 7.92. The number of anilines is 1. The lowest BCUT2D eigenvalue weighted by Gasteiger charge is -2.42. The van der Waals surface area contributed by atoms with Crippen molar-refractivity contribution in [1.82, 2.24) is 20.2 Å². The quantitative estimate of drug-likeness (QED) is 0.361. The number of hydrogen-bond donors (Lipinski definition) is 2. The zero-order valence-electron chi connectivity index (χ0n) is 24.4. The van der Waals surface area contributed by atoms with Crippen molar-refractivity contribution in [1.29, 1.82) is 5.26 Å². The first-order chi connectivity index (χ1) is 20.5. The number of benzene rings is 1. The molecule has 43 heavy (non-hydrogen) atoms. The lowest BCUT2D eigenvalue weighted by atomic mass is 9.72. The van der Waals surface area contributed by atoms with Crippen LogP contribution in [0.4, 0.5) is 18.9 Å². The highest BCUT2D eigenvalue weighted by atomic mass is 19.4. The number of carbonyl (C=O) groups excluding carboxylic acids is 1. The molecular weight excluding hydrogens is 561 g/mol. The van der Waals surface area contributed by atoms with E-state index in [0.717, 1.165) is 12.1 Å². The van der Waals surface area contributed by atoms with Gasteiger partial charge < -0.3 is 25.0 Å². The minimum Gasteiger partial charge on any atom is -0.477 e. The second-order valence-corrected chi connectivity index (χ2v) is 10.6.